The first-order valence-corrected chi connectivity index (χ1v) is 12.3. The van der Waals surface area contributed by atoms with Gasteiger partial charge in [-0.3, -0.25) is 14.5 Å². The van der Waals surface area contributed by atoms with Gasteiger partial charge in [0.15, 0.2) is 0 Å². The van der Waals surface area contributed by atoms with Crippen molar-refractivity contribution >= 4 is 17.8 Å². The minimum Gasteiger partial charge on any atom is -0.339 e. The molecule has 4 rings (SSSR count). The zero-order valence-electron chi connectivity index (χ0n) is 20.7. The van der Waals surface area contributed by atoms with Crippen LogP contribution >= 0.6 is 0 Å². The van der Waals surface area contributed by atoms with Crippen molar-refractivity contribution in [3.8, 4) is 0 Å². The summed E-state index contributed by atoms with van der Waals surface area (Å²) in [6, 6.07) is 12.2. The number of urea groups is 1. The van der Waals surface area contributed by atoms with Gasteiger partial charge in [0.25, 0.3) is 11.8 Å². The first-order chi connectivity index (χ1) is 17.2. The van der Waals surface area contributed by atoms with Crippen molar-refractivity contribution in [1.29, 1.82) is 0 Å². The number of carbonyl (C=O) groups is 3. The normalized spacial score (nSPS) is 20.8. The van der Waals surface area contributed by atoms with E-state index in [0.717, 1.165) is 23.8 Å². The van der Waals surface area contributed by atoms with E-state index in [1.165, 1.54) is 4.90 Å². The van der Waals surface area contributed by atoms with E-state index in [1.54, 1.807) is 4.90 Å². The largest absolute Gasteiger partial charge is 0.339 e. The maximum Gasteiger partial charge on any atom is 0.325 e. The Labute approximate surface area is 210 Å². The Balaban J connectivity index is 1.52. The lowest BCUT2D eigenvalue weighted by Gasteiger charge is -2.41. The zero-order valence-corrected chi connectivity index (χ0v) is 20.7. The van der Waals surface area contributed by atoms with Gasteiger partial charge in [0.1, 0.15) is 17.2 Å². The van der Waals surface area contributed by atoms with Crippen molar-refractivity contribution in [3.05, 3.63) is 71.3 Å². The topological polar surface area (TPSA) is 73.0 Å². The number of rotatable bonds is 8. The van der Waals surface area contributed by atoms with Gasteiger partial charge in [0.2, 0.25) is 0 Å². The highest BCUT2D eigenvalue weighted by atomic mass is 19.1. The molecule has 7 nitrogen and oxygen atoms in total. The fourth-order valence-electron chi connectivity index (χ4n) is 5.22. The Morgan fingerprint density at radius 1 is 1.06 bits per heavy atom. The number of amides is 4. The molecule has 1 N–H and O–H groups in total. The molecule has 2 aromatic carbocycles. The van der Waals surface area contributed by atoms with Gasteiger partial charge < -0.3 is 15.1 Å². The number of hydrogen-bond donors (Lipinski definition) is 1. The molecule has 0 saturated carbocycles. The van der Waals surface area contributed by atoms with E-state index in [2.05, 4.69) is 5.32 Å². The van der Waals surface area contributed by atoms with Gasteiger partial charge in [-0.1, -0.05) is 30.3 Å². The molecule has 2 aromatic rings. The van der Waals surface area contributed by atoms with Crippen LogP contribution in [-0.4, -0.2) is 78.4 Å². The number of likely N-dealkylation sites (tertiary alicyclic amines) is 1. The Bertz CT molecular complexity index is 1100. The smallest absolute Gasteiger partial charge is 0.325 e. The summed E-state index contributed by atoms with van der Waals surface area (Å²) >= 11 is 0. The highest BCUT2D eigenvalue weighted by molar-refractivity contribution is 6.07. The summed E-state index contributed by atoms with van der Waals surface area (Å²) in [5.74, 6) is -2.44. The van der Waals surface area contributed by atoms with Crippen LogP contribution < -0.4 is 5.32 Å². The number of aryl methyl sites for hydroxylation is 1. The predicted octanol–water partition coefficient (Wildman–Crippen LogP) is 3.30. The Hall–Kier alpha value is -3.33. The van der Waals surface area contributed by atoms with Gasteiger partial charge >= 0.3 is 6.03 Å². The van der Waals surface area contributed by atoms with E-state index in [1.807, 2.05) is 49.3 Å². The SMILES string of the molecule is CN(C)CCN1C(=O)NC(CCc2ccccc2)(C2CCN(C(=O)c3cc(F)cc(F)c3)CC2)C1=O. The van der Waals surface area contributed by atoms with E-state index >= 15 is 0 Å². The molecule has 2 heterocycles. The van der Waals surface area contributed by atoms with Gasteiger partial charge in [0.05, 0.1) is 0 Å². The zero-order chi connectivity index (χ0) is 25.9. The number of benzene rings is 2. The quantitative estimate of drug-likeness (QED) is 0.567. The molecule has 2 aliphatic rings. The van der Waals surface area contributed by atoms with E-state index in [9.17, 15) is 23.2 Å². The van der Waals surface area contributed by atoms with Gasteiger partial charge in [-0.15, -0.1) is 0 Å². The number of imide groups is 1. The average molecular weight is 499 g/mol. The third-order valence-electron chi connectivity index (χ3n) is 7.21. The third kappa shape index (κ3) is 5.41. The fraction of sp³-hybridized carbons (Fsp3) is 0.444. The summed E-state index contributed by atoms with van der Waals surface area (Å²) < 4.78 is 27.3. The van der Waals surface area contributed by atoms with Gasteiger partial charge in [0, 0.05) is 37.8 Å². The minimum absolute atomic E-state index is 0.0372. The summed E-state index contributed by atoms with van der Waals surface area (Å²) in [6.45, 7) is 1.52. The monoisotopic (exact) mass is 498 g/mol. The van der Waals surface area contributed by atoms with Gasteiger partial charge in [-0.25, -0.2) is 13.6 Å². The predicted molar refractivity (Wildman–Crippen MR) is 131 cm³/mol. The lowest BCUT2D eigenvalue weighted by Crippen LogP contribution is -2.57. The van der Waals surface area contributed by atoms with Crippen LogP contribution in [0.1, 0.15) is 35.2 Å². The Morgan fingerprint density at radius 3 is 2.31 bits per heavy atom. The average Bonchev–Trinajstić information content (AvgIpc) is 3.10. The van der Waals surface area contributed by atoms with Crippen LogP contribution in [0.5, 0.6) is 0 Å². The molecular formula is C27H32F2N4O3. The fourth-order valence-corrected chi connectivity index (χ4v) is 5.22. The Morgan fingerprint density at radius 2 is 1.69 bits per heavy atom. The van der Waals surface area contributed by atoms with Gasteiger partial charge in [-0.2, -0.15) is 0 Å². The highest BCUT2D eigenvalue weighted by Crippen LogP contribution is 2.37. The van der Waals surface area contributed by atoms with E-state index in [-0.39, 0.29) is 23.4 Å². The first kappa shape index (κ1) is 25.8. The van der Waals surface area contributed by atoms with Crippen molar-refractivity contribution in [3.63, 3.8) is 0 Å². The number of likely N-dealkylation sites (N-methyl/N-ethyl adjacent to an activating group) is 1. The van der Waals surface area contributed by atoms with Crippen molar-refractivity contribution in [2.24, 2.45) is 5.92 Å². The molecular weight excluding hydrogens is 466 g/mol. The molecule has 2 aliphatic heterocycles. The number of halogens is 2. The number of carbonyl (C=O) groups excluding carboxylic acids is 3. The summed E-state index contributed by atoms with van der Waals surface area (Å²) in [7, 11) is 3.77. The van der Waals surface area contributed by atoms with Crippen LogP contribution in [0, 0.1) is 17.6 Å². The second-order valence-electron chi connectivity index (χ2n) is 9.87. The van der Waals surface area contributed by atoms with Crippen LogP contribution in [0.3, 0.4) is 0 Å². The molecule has 0 aromatic heterocycles. The summed E-state index contributed by atoms with van der Waals surface area (Å²) in [6.07, 6.45) is 2.06. The van der Waals surface area contributed by atoms with E-state index in [0.29, 0.717) is 51.9 Å². The molecule has 9 heteroatoms. The number of nitrogens with zero attached hydrogens (tertiary/aromatic N) is 3. The maximum atomic E-state index is 13.7. The van der Waals surface area contributed by atoms with Gasteiger partial charge in [-0.05, 0) is 63.4 Å². The maximum absolute atomic E-state index is 13.7. The van der Waals surface area contributed by atoms with Crippen molar-refractivity contribution in [1.82, 2.24) is 20.0 Å². The molecule has 0 bridgehead atoms. The highest BCUT2D eigenvalue weighted by Gasteiger charge is 2.55. The number of hydrogen-bond acceptors (Lipinski definition) is 4. The molecule has 0 radical (unpaired) electrons. The van der Waals surface area contributed by atoms with E-state index < -0.39 is 23.1 Å². The van der Waals surface area contributed by atoms with Crippen molar-refractivity contribution < 1.29 is 23.2 Å². The molecule has 36 heavy (non-hydrogen) atoms. The molecule has 0 aliphatic carbocycles. The van der Waals surface area contributed by atoms with E-state index in [4.69, 9.17) is 0 Å². The number of piperidine rings is 1. The standard InChI is InChI=1S/C27H32F2N4O3/c1-31(2)14-15-33-25(35)27(30-26(33)36,11-8-19-6-4-3-5-7-19)21-9-12-32(13-10-21)24(34)20-16-22(28)18-23(29)17-20/h3-7,16-18,21H,8-15H2,1-2H3,(H,30,36). The van der Waals surface area contributed by atoms with Crippen LogP contribution in [0.4, 0.5) is 13.6 Å². The second-order valence-corrected chi connectivity index (χ2v) is 9.87. The molecule has 0 spiro atoms. The third-order valence-corrected chi connectivity index (χ3v) is 7.21. The molecule has 1 atom stereocenters. The van der Waals surface area contributed by atoms with Crippen LogP contribution in [0.25, 0.3) is 0 Å². The molecule has 192 valence electrons. The lowest BCUT2D eigenvalue weighted by atomic mass is 9.74. The molecule has 2 fully saturated rings. The van der Waals surface area contributed by atoms with Crippen molar-refractivity contribution in [2.45, 2.75) is 31.2 Å². The molecule has 4 amide bonds. The van der Waals surface area contributed by atoms with Crippen molar-refractivity contribution in [2.75, 3.05) is 40.3 Å². The molecule has 2 saturated heterocycles. The minimum atomic E-state index is -1.06. The summed E-state index contributed by atoms with van der Waals surface area (Å²) in [5, 5.41) is 3.04. The Kier molecular flexibility index (Phi) is 7.68. The van der Waals surface area contributed by atoms with Crippen LogP contribution in [0.15, 0.2) is 48.5 Å². The summed E-state index contributed by atoms with van der Waals surface area (Å²) in [5.41, 5.74) is -0.0180. The second kappa shape index (κ2) is 10.7. The van der Waals surface area contributed by atoms with Crippen LogP contribution in [0.2, 0.25) is 0 Å². The molecule has 1 unspecified atom stereocenters. The first-order valence-electron chi connectivity index (χ1n) is 12.3. The number of nitrogens with one attached hydrogen (secondary N) is 1. The summed E-state index contributed by atoms with van der Waals surface area (Å²) in [4.78, 5) is 44.3. The lowest BCUT2D eigenvalue weighted by molar-refractivity contribution is -0.134. The van der Waals surface area contributed by atoms with Crippen LogP contribution in [-0.2, 0) is 11.2 Å².